The Kier molecular flexibility index (Phi) is 5.76. The summed E-state index contributed by atoms with van der Waals surface area (Å²) in [6.45, 7) is 0.759. The average Bonchev–Trinajstić information content (AvgIpc) is 2.25. The molecule has 0 bridgehead atoms. The quantitative estimate of drug-likeness (QED) is 0.540. The van der Waals surface area contributed by atoms with Crippen molar-refractivity contribution in [3.8, 4) is 0 Å². The van der Waals surface area contributed by atoms with Crippen molar-refractivity contribution < 1.29 is 0 Å². The molecule has 0 saturated heterocycles. The van der Waals surface area contributed by atoms with E-state index in [0.717, 1.165) is 19.4 Å². The predicted octanol–water partition coefficient (Wildman–Crippen LogP) is 2.91. The standard InChI is InChI=1S/C13H19N/c14-12-8-3-1-2-5-9-13-10-6-4-7-11-13/h1,3-4,6-7,10-11H,2,5,8-9,12,14H2/b3-1-. The van der Waals surface area contributed by atoms with Gasteiger partial charge in [-0.2, -0.15) is 0 Å². The molecule has 76 valence electrons. The molecule has 14 heavy (non-hydrogen) atoms. The van der Waals surface area contributed by atoms with Crippen molar-refractivity contribution in [2.45, 2.75) is 25.7 Å². The van der Waals surface area contributed by atoms with Crippen LogP contribution in [0.4, 0.5) is 0 Å². The van der Waals surface area contributed by atoms with Gasteiger partial charge in [-0.1, -0.05) is 42.5 Å². The van der Waals surface area contributed by atoms with Gasteiger partial charge in [0.1, 0.15) is 0 Å². The summed E-state index contributed by atoms with van der Waals surface area (Å²) in [5.74, 6) is 0. The molecule has 0 unspecified atom stereocenters. The van der Waals surface area contributed by atoms with E-state index in [1.54, 1.807) is 0 Å². The van der Waals surface area contributed by atoms with Crippen molar-refractivity contribution >= 4 is 0 Å². The van der Waals surface area contributed by atoms with Crippen LogP contribution >= 0.6 is 0 Å². The molecule has 1 aromatic carbocycles. The van der Waals surface area contributed by atoms with Gasteiger partial charge in [0.25, 0.3) is 0 Å². The third-order valence-corrected chi connectivity index (χ3v) is 2.18. The minimum absolute atomic E-state index is 0.759. The first-order valence-corrected chi connectivity index (χ1v) is 5.32. The Bertz CT molecular complexity index is 251. The lowest BCUT2D eigenvalue weighted by atomic mass is 10.1. The van der Waals surface area contributed by atoms with Crippen molar-refractivity contribution in [3.63, 3.8) is 0 Å². The van der Waals surface area contributed by atoms with Gasteiger partial charge in [-0.25, -0.2) is 0 Å². The number of hydrogen-bond acceptors (Lipinski definition) is 1. The molecule has 1 nitrogen and oxygen atoms in total. The van der Waals surface area contributed by atoms with Crippen LogP contribution in [0.2, 0.25) is 0 Å². The van der Waals surface area contributed by atoms with Crippen molar-refractivity contribution in [2.24, 2.45) is 5.73 Å². The number of allylic oxidation sites excluding steroid dienone is 1. The molecular weight excluding hydrogens is 170 g/mol. The highest BCUT2D eigenvalue weighted by molar-refractivity contribution is 5.14. The van der Waals surface area contributed by atoms with E-state index in [-0.39, 0.29) is 0 Å². The molecule has 0 fully saturated rings. The van der Waals surface area contributed by atoms with Crippen LogP contribution in [0.15, 0.2) is 42.5 Å². The average molecular weight is 189 g/mol. The van der Waals surface area contributed by atoms with Crippen LogP contribution in [0.5, 0.6) is 0 Å². The van der Waals surface area contributed by atoms with Crippen LogP contribution in [0.25, 0.3) is 0 Å². The van der Waals surface area contributed by atoms with Crippen LogP contribution in [-0.4, -0.2) is 6.54 Å². The minimum atomic E-state index is 0.759. The highest BCUT2D eigenvalue weighted by Gasteiger charge is 1.89. The number of aryl methyl sites for hydroxylation is 1. The number of rotatable bonds is 6. The van der Waals surface area contributed by atoms with Crippen LogP contribution < -0.4 is 5.73 Å². The maximum Gasteiger partial charge on any atom is -0.00426 e. The molecular formula is C13H19N. The summed E-state index contributed by atoms with van der Waals surface area (Å²) >= 11 is 0. The summed E-state index contributed by atoms with van der Waals surface area (Å²) in [5, 5.41) is 0. The minimum Gasteiger partial charge on any atom is -0.330 e. The van der Waals surface area contributed by atoms with Gasteiger partial charge >= 0.3 is 0 Å². The highest BCUT2D eigenvalue weighted by atomic mass is 14.5. The second kappa shape index (κ2) is 7.34. The van der Waals surface area contributed by atoms with E-state index in [0.29, 0.717) is 0 Å². The summed E-state index contributed by atoms with van der Waals surface area (Å²) in [4.78, 5) is 0. The lowest BCUT2D eigenvalue weighted by Crippen LogP contribution is -1.95. The van der Waals surface area contributed by atoms with Gasteiger partial charge < -0.3 is 5.73 Å². The van der Waals surface area contributed by atoms with E-state index in [4.69, 9.17) is 5.73 Å². The first-order chi connectivity index (χ1) is 6.93. The van der Waals surface area contributed by atoms with Crippen LogP contribution in [0.1, 0.15) is 24.8 Å². The Balaban J connectivity index is 2.10. The van der Waals surface area contributed by atoms with Crippen molar-refractivity contribution in [1.29, 1.82) is 0 Å². The zero-order valence-electron chi connectivity index (χ0n) is 8.65. The van der Waals surface area contributed by atoms with E-state index < -0.39 is 0 Å². The number of hydrogen-bond donors (Lipinski definition) is 1. The Labute approximate surface area is 86.6 Å². The summed E-state index contributed by atoms with van der Waals surface area (Å²) in [6, 6.07) is 10.6. The van der Waals surface area contributed by atoms with Gasteiger partial charge in [-0.15, -0.1) is 0 Å². The molecule has 1 aromatic rings. The third kappa shape index (κ3) is 4.83. The normalized spacial score (nSPS) is 10.9. The van der Waals surface area contributed by atoms with E-state index in [9.17, 15) is 0 Å². The fraction of sp³-hybridized carbons (Fsp3) is 0.385. The fourth-order valence-electron chi connectivity index (χ4n) is 1.40. The molecule has 0 spiro atoms. The van der Waals surface area contributed by atoms with Gasteiger partial charge in [-0.3, -0.25) is 0 Å². The largest absolute Gasteiger partial charge is 0.330 e. The van der Waals surface area contributed by atoms with Gasteiger partial charge in [0.15, 0.2) is 0 Å². The molecule has 0 aliphatic heterocycles. The maximum atomic E-state index is 5.38. The SMILES string of the molecule is NCC/C=C\CCCc1ccccc1. The lowest BCUT2D eigenvalue weighted by Gasteiger charge is -1.97. The van der Waals surface area contributed by atoms with Crippen LogP contribution in [0.3, 0.4) is 0 Å². The maximum absolute atomic E-state index is 5.38. The van der Waals surface area contributed by atoms with E-state index >= 15 is 0 Å². The molecule has 0 aliphatic carbocycles. The Hall–Kier alpha value is -1.08. The molecule has 0 aromatic heterocycles. The fourth-order valence-corrected chi connectivity index (χ4v) is 1.40. The summed E-state index contributed by atoms with van der Waals surface area (Å²) in [7, 11) is 0. The topological polar surface area (TPSA) is 26.0 Å². The molecule has 0 atom stereocenters. The smallest absolute Gasteiger partial charge is 0.00426 e. The lowest BCUT2D eigenvalue weighted by molar-refractivity contribution is 0.838. The molecule has 0 saturated carbocycles. The molecule has 2 N–H and O–H groups in total. The van der Waals surface area contributed by atoms with Gasteiger partial charge in [0.05, 0.1) is 0 Å². The zero-order chi connectivity index (χ0) is 10.1. The molecule has 0 radical (unpaired) electrons. The van der Waals surface area contributed by atoms with E-state index in [2.05, 4.69) is 42.5 Å². The Morgan fingerprint density at radius 2 is 1.71 bits per heavy atom. The monoisotopic (exact) mass is 189 g/mol. The molecule has 1 rings (SSSR count). The number of unbranched alkanes of at least 4 members (excludes halogenated alkanes) is 1. The van der Waals surface area contributed by atoms with Gasteiger partial charge in [0, 0.05) is 0 Å². The van der Waals surface area contributed by atoms with Gasteiger partial charge in [0.2, 0.25) is 0 Å². The first-order valence-electron chi connectivity index (χ1n) is 5.32. The summed E-state index contributed by atoms with van der Waals surface area (Å²) < 4.78 is 0. The first kappa shape index (κ1) is 11.0. The van der Waals surface area contributed by atoms with Crippen molar-refractivity contribution in [2.75, 3.05) is 6.54 Å². The molecule has 0 heterocycles. The second-order valence-electron chi connectivity index (χ2n) is 3.43. The molecule has 0 amide bonds. The zero-order valence-corrected chi connectivity index (χ0v) is 8.65. The highest BCUT2D eigenvalue weighted by Crippen LogP contribution is 2.04. The van der Waals surface area contributed by atoms with E-state index in [1.165, 1.54) is 18.4 Å². The second-order valence-corrected chi connectivity index (χ2v) is 3.43. The Morgan fingerprint density at radius 3 is 2.43 bits per heavy atom. The predicted molar refractivity (Wildman–Crippen MR) is 62.2 cm³/mol. The third-order valence-electron chi connectivity index (χ3n) is 2.18. The van der Waals surface area contributed by atoms with Gasteiger partial charge in [-0.05, 0) is 37.8 Å². The van der Waals surface area contributed by atoms with Crippen molar-refractivity contribution in [1.82, 2.24) is 0 Å². The number of nitrogens with two attached hydrogens (primary N) is 1. The van der Waals surface area contributed by atoms with E-state index in [1.807, 2.05) is 0 Å². The number of benzene rings is 1. The molecule has 0 aliphatic rings. The Morgan fingerprint density at radius 1 is 1.00 bits per heavy atom. The van der Waals surface area contributed by atoms with Crippen LogP contribution in [-0.2, 0) is 6.42 Å². The van der Waals surface area contributed by atoms with Crippen molar-refractivity contribution in [3.05, 3.63) is 48.0 Å². The summed E-state index contributed by atoms with van der Waals surface area (Å²) in [5.41, 5.74) is 6.81. The summed E-state index contributed by atoms with van der Waals surface area (Å²) in [6.07, 6.45) is 8.97. The molecule has 1 heteroatoms. The van der Waals surface area contributed by atoms with Crippen LogP contribution in [0, 0.1) is 0 Å².